The third-order valence-electron chi connectivity index (χ3n) is 15.2. The Morgan fingerprint density at radius 3 is 0.762 bits per heavy atom. The lowest BCUT2D eigenvalue weighted by atomic mass is 10.0. The maximum absolute atomic E-state index is 12.9. The Kier molecular flexibility index (Phi) is 65.2. The average molecular weight is 1120 g/mol. The first kappa shape index (κ1) is 76.6. The van der Waals surface area contributed by atoms with E-state index in [2.05, 4.69) is 106 Å². The lowest BCUT2D eigenvalue weighted by Gasteiger charge is -2.18. The van der Waals surface area contributed by atoms with Gasteiger partial charge in [0.05, 0.1) is 0 Å². The fourth-order valence-electron chi connectivity index (χ4n) is 10.0. The Labute approximate surface area is 496 Å². The molecular formula is C74H130O6. The topological polar surface area (TPSA) is 78.9 Å². The van der Waals surface area contributed by atoms with Crippen LogP contribution in [0.15, 0.2) is 85.1 Å². The van der Waals surface area contributed by atoms with Gasteiger partial charge in [-0.1, -0.05) is 337 Å². The van der Waals surface area contributed by atoms with E-state index in [1.807, 2.05) is 0 Å². The van der Waals surface area contributed by atoms with Gasteiger partial charge < -0.3 is 14.2 Å². The summed E-state index contributed by atoms with van der Waals surface area (Å²) in [4.78, 5) is 38.2. The molecule has 6 nitrogen and oxygen atoms in total. The molecule has 0 amide bonds. The Morgan fingerprint density at radius 2 is 0.487 bits per heavy atom. The third-order valence-corrected chi connectivity index (χ3v) is 15.2. The minimum Gasteiger partial charge on any atom is -0.462 e. The number of esters is 3. The first-order valence-corrected chi connectivity index (χ1v) is 34.6. The van der Waals surface area contributed by atoms with E-state index in [4.69, 9.17) is 14.2 Å². The summed E-state index contributed by atoms with van der Waals surface area (Å²) in [6, 6.07) is 0. The van der Waals surface area contributed by atoms with Crippen molar-refractivity contribution < 1.29 is 28.6 Å². The van der Waals surface area contributed by atoms with Gasteiger partial charge in [0, 0.05) is 19.3 Å². The Balaban J connectivity index is 4.12. The van der Waals surface area contributed by atoms with Crippen molar-refractivity contribution in [3.05, 3.63) is 85.1 Å². The van der Waals surface area contributed by atoms with E-state index in [1.54, 1.807) is 0 Å². The van der Waals surface area contributed by atoms with E-state index >= 15 is 0 Å². The monoisotopic (exact) mass is 1110 g/mol. The van der Waals surface area contributed by atoms with Gasteiger partial charge in [-0.15, -0.1) is 0 Å². The molecule has 0 bridgehead atoms. The molecule has 0 aromatic heterocycles. The van der Waals surface area contributed by atoms with Crippen LogP contribution in [-0.2, 0) is 28.6 Å². The number of carbonyl (C=O) groups excluding carboxylic acids is 3. The van der Waals surface area contributed by atoms with Crippen molar-refractivity contribution in [1.82, 2.24) is 0 Å². The second-order valence-electron chi connectivity index (χ2n) is 23.1. The highest BCUT2D eigenvalue weighted by Gasteiger charge is 2.19. The van der Waals surface area contributed by atoms with Crippen molar-refractivity contribution in [3.63, 3.8) is 0 Å². The number of rotatable bonds is 63. The van der Waals surface area contributed by atoms with Crippen LogP contribution < -0.4 is 0 Å². The number of carbonyl (C=O) groups is 3. The molecule has 0 radical (unpaired) electrons. The van der Waals surface area contributed by atoms with Crippen molar-refractivity contribution >= 4 is 17.9 Å². The zero-order valence-corrected chi connectivity index (χ0v) is 53.1. The molecule has 0 aliphatic rings. The fraction of sp³-hybridized carbons (Fsp3) is 0.770. The summed E-state index contributed by atoms with van der Waals surface area (Å²) >= 11 is 0. The van der Waals surface area contributed by atoms with Crippen molar-refractivity contribution in [3.8, 4) is 0 Å². The molecule has 0 heterocycles. The lowest BCUT2D eigenvalue weighted by Crippen LogP contribution is -2.30. The summed E-state index contributed by atoms with van der Waals surface area (Å²) in [5.41, 5.74) is 0. The summed E-state index contributed by atoms with van der Waals surface area (Å²) in [5, 5.41) is 0. The summed E-state index contributed by atoms with van der Waals surface area (Å²) in [7, 11) is 0. The minimum atomic E-state index is -0.784. The number of hydrogen-bond donors (Lipinski definition) is 0. The molecule has 0 N–H and O–H groups in total. The summed E-state index contributed by atoms with van der Waals surface area (Å²) < 4.78 is 16.9. The summed E-state index contributed by atoms with van der Waals surface area (Å²) in [5.74, 6) is -0.892. The molecule has 0 aliphatic heterocycles. The highest BCUT2D eigenvalue weighted by molar-refractivity contribution is 5.71. The molecule has 0 aromatic rings. The molecule has 0 aliphatic carbocycles. The molecule has 0 saturated carbocycles. The van der Waals surface area contributed by atoms with E-state index in [0.717, 1.165) is 122 Å². The van der Waals surface area contributed by atoms with Gasteiger partial charge in [0.1, 0.15) is 13.2 Å². The van der Waals surface area contributed by atoms with Crippen LogP contribution in [0.25, 0.3) is 0 Å². The SMILES string of the molecule is CC/C=C\C/C=C\C/C=C\C/C=C\C/C=C\C/C=C\C/C=C\CCCCCCCC(=O)OC(COC(=O)CCCCCCCCC)COC(=O)CCCCCCCCCCCCCCCCCCCCCCCCCCCCCC. The zero-order valence-electron chi connectivity index (χ0n) is 53.1. The third kappa shape index (κ3) is 65.4. The summed E-state index contributed by atoms with van der Waals surface area (Å²) in [6.07, 6.45) is 90.7. The zero-order chi connectivity index (χ0) is 57.8. The standard InChI is InChI=1S/C74H130O6/c1-4-7-10-13-16-18-20-22-24-26-28-30-32-34-36-38-39-41-43-45-47-49-51-53-55-58-61-64-67-73(76)79-70-71(69-78-72(75)66-63-60-57-15-12-9-6-3)80-74(77)68-65-62-59-56-54-52-50-48-46-44-42-40-37-35-33-31-29-27-25-23-21-19-17-14-11-8-5-2/h8,11,17,19,23,25,29,31,35,37,42,44,48,50,71H,4-7,9-10,12-16,18,20-22,24,26-28,30,32-34,36,38-41,43,45-47,49,51-70H2,1-3H3/b11-8-,19-17-,25-23-,31-29-,37-35-,44-42-,50-48-. The number of unbranched alkanes of at least 4 members (excludes halogenated alkanes) is 38. The van der Waals surface area contributed by atoms with Gasteiger partial charge in [0.25, 0.3) is 0 Å². The van der Waals surface area contributed by atoms with Crippen LogP contribution in [0.3, 0.4) is 0 Å². The van der Waals surface area contributed by atoms with Gasteiger partial charge in [-0.25, -0.2) is 0 Å². The average Bonchev–Trinajstić information content (AvgIpc) is 3.46. The van der Waals surface area contributed by atoms with Crippen molar-refractivity contribution in [2.45, 2.75) is 354 Å². The summed E-state index contributed by atoms with van der Waals surface area (Å²) in [6.45, 7) is 6.51. The first-order valence-electron chi connectivity index (χ1n) is 34.6. The number of hydrogen-bond acceptors (Lipinski definition) is 6. The van der Waals surface area contributed by atoms with E-state index < -0.39 is 6.10 Å². The van der Waals surface area contributed by atoms with E-state index in [-0.39, 0.29) is 31.1 Å². The highest BCUT2D eigenvalue weighted by Crippen LogP contribution is 2.18. The van der Waals surface area contributed by atoms with Gasteiger partial charge in [0.2, 0.25) is 0 Å². The van der Waals surface area contributed by atoms with Crippen molar-refractivity contribution in [2.75, 3.05) is 13.2 Å². The Hall–Kier alpha value is -3.41. The predicted octanol–water partition coefficient (Wildman–Crippen LogP) is 23.8. The Bertz CT molecular complexity index is 1520. The maximum atomic E-state index is 12.9. The molecule has 80 heavy (non-hydrogen) atoms. The molecule has 1 unspecified atom stereocenters. The minimum absolute atomic E-state index is 0.0809. The molecule has 0 aromatic carbocycles. The maximum Gasteiger partial charge on any atom is 0.306 e. The number of ether oxygens (including phenoxy) is 3. The normalized spacial score (nSPS) is 12.6. The molecule has 0 fully saturated rings. The molecule has 0 saturated heterocycles. The van der Waals surface area contributed by atoms with Crippen molar-refractivity contribution in [2.24, 2.45) is 0 Å². The number of allylic oxidation sites excluding steroid dienone is 14. The van der Waals surface area contributed by atoms with Gasteiger partial charge in [-0.05, 0) is 77.0 Å². The lowest BCUT2D eigenvalue weighted by molar-refractivity contribution is -0.167. The van der Waals surface area contributed by atoms with Gasteiger partial charge in [-0.3, -0.25) is 14.4 Å². The molecule has 6 heteroatoms. The van der Waals surface area contributed by atoms with Gasteiger partial charge in [0.15, 0.2) is 6.10 Å². The molecule has 0 spiro atoms. The second-order valence-corrected chi connectivity index (χ2v) is 23.1. The van der Waals surface area contributed by atoms with Crippen LogP contribution in [0, 0.1) is 0 Å². The van der Waals surface area contributed by atoms with Crippen LogP contribution in [0.2, 0.25) is 0 Å². The first-order chi connectivity index (χ1) is 39.5. The van der Waals surface area contributed by atoms with Crippen LogP contribution >= 0.6 is 0 Å². The van der Waals surface area contributed by atoms with E-state index in [0.29, 0.717) is 19.3 Å². The molecule has 0 rings (SSSR count). The second kappa shape index (κ2) is 68.1. The largest absolute Gasteiger partial charge is 0.462 e. The van der Waals surface area contributed by atoms with Crippen LogP contribution in [0.5, 0.6) is 0 Å². The van der Waals surface area contributed by atoms with Crippen LogP contribution in [0.4, 0.5) is 0 Å². The van der Waals surface area contributed by atoms with Gasteiger partial charge >= 0.3 is 17.9 Å². The molecular weight excluding hydrogens is 985 g/mol. The Morgan fingerprint density at radius 1 is 0.263 bits per heavy atom. The molecule has 1 atom stereocenters. The van der Waals surface area contributed by atoms with Crippen LogP contribution in [0.1, 0.15) is 348 Å². The highest BCUT2D eigenvalue weighted by atomic mass is 16.6. The van der Waals surface area contributed by atoms with Crippen LogP contribution in [-0.4, -0.2) is 37.2 Å². The van der Waals surface area contributed by atoms with E-state index in [9.17, 15) is 14.4 Å². The van der Waals surface area contributed by atoms with E-state index in [1.165, 1.54) is 186 Å². The fourth-order valence-corrected chi connectivity index (χ4v) is 10.0. The van der Waals surface area contributed by atoms with Gasteiger partial charge in [-0.2, -0.15) is 0 Å². The molecule has 462 valence electrons. The quantitative estimate of drug-likeness (QED) is 0.0261. The predicted molar refractivity (Wildman–Crippen MR) is 348 cm³/mol. The van der Waals surface area contributed by atoms with Crippen molar-refractivity contribution in [1.29, 1.82) is 0 Å². The smallest absolute Gasteiger partial charge is 0.306 e.